The van der Waals surface area contributed by atoms with E-state index in [0.717, 1.165) is 17.5 Å². The molecule has 1 aromatic rings. The molecule has 0 aliphatic carbocycles. The second-order valence-corrected chi connectivity index (χ2v) is 9.65. The lowest BCUT2D eigenvalue weighted by molar-refractivity contribution is -0.117. The van der Waals surface area contributed by atoms with Crippen LogP contribution in [0.3, 0.4) is 0 Å². The van der Waals surface area contributed by atoms with Gasteiger partial charge in [0.05, 0.1) is 18.0 Å². The largest absolute Gasteiger partial charge is 0.449 e. The summed E-state index contributed by atoms with van der Waals surface area (Å²) in [5, 5.41) is 8.02. The summed E-state index contributed by atoms with van der Waals surface area (Å²) in [5.41, 5.74) is 1.94. The maximum absolute atomic E-state index is 12.6. The van der Waals surface area contributed by atoms with Gasteiger partial charge in [-0.05, 0) is 49.4 Å². The lowest BCUT2D eigenvalue weighted by Gasteiger charge is -2.22. The lowest BCUT2D eigenvalue weighted by atomic mass is 10.1. The minimum absolute atomic E-state index is 0.0359. The zero-order chi connectivity index (χ0) is 22.5. The average molecular weight is 441 g/mol. The van der Waals surface area contributed by atoms with Crippen LogP contribution in [-0.2, 0) is 19.6 Å². The number of carbonyl (C=O) groups is 2. The summed E-state index contributed by atoms with van der Waals surface area (Å²) in [6.07, 6.45) is 0.421. The number of hydrogen-bond acceptors (Lipinski definition) is 6. The monoisotopic (exact) mass is 440 g/mol. The molecule has 0 aromatic heterocycles. The van der Waals surface area contributed by atoms with Gasteiger partial charge >= 0.3 is 6.09 Å². The van der Waals surface area contributed by atoms with Gasteiger partial charge in [0, 0.05) is 31.9 Å². The van der Waals surface area contributed by atoms with Crippen LogP contribution in [0.1, 0.15) is 31.4 Å². The van der Waals surface area contributed by atoms with Gasteiger partial charge in [-0.3, -0.25) is 9.69 Å². The van der Waals surface area contributed by atoms with E-state index in [1.54, 1.807) is 11.8 Å². The molecule has 1 saturated heterocycles. The predicted molar refractivity (Wildman–Crippen MR) is 115 cm³/mol. The summed E-state index contributed by atoms with van der Waals surface area (Å²) in [5.74, 6) is 0.0286. The Labute approximate surface area is 178 Å². The molecule has 2 rings (SSSR count). The molecule has 1 aromatic carbocycles. The van der Waals surface area contributed by atoms with E-state index < -0.39 is 10.0 Å². The molecular weight excluding hydrogens is 408 g/mol. The summed E-state index contributed by atoms with van der Waals surface area (Å²) in [4.78, 5) is 28.3. The topological polar surface area (TPSA) is 122 Å². The Kier molecular flexibility index (Phi) is 8.22. The second-order valence-electron chi connectivity index (χ2n) is 8.09. The maximum Gasteiger partial charge on any atom is 0.409 e. The highest BCUT2D eigenvalue weighted by Gasteiger charge is 2.22. The fourth-order valence-corrected chi connectivity index (χ4v) is 3.78. The number of rotatable bonds is 6. The van der Waals surface area contributed by atoms with Crippen LogP contribution in [0.5, 0.6) is 0 Å². The summed E-state index contributed by atoms with van der Waals surface area (Å²) in [6.45, 7) is 10.4. The van der Waals surface area contributed by atoms with E-state index in [4.69, 9.17) is 9.88 Å². The predicted octanol–water partition coefficient (Wildman–Crippen LogP) is 1.69. The van der Waals surface area contributed by atoms with E-state index in [1.807, 2.05) is 25.7 Å². The number of hydrogen-bond donors (Lipinski definition) is 2. The summed E-state index contributed by atoms with van der Waals surface area (Å²) in [7, 11) is -3.87. The Morgan fingerprint density at radius 3 is 2.50 bits per heavy atom. The molecule has 1 aliphatic heterocycles. The third-order valence-corrected chi connectivity index (χ3v) is 5.89. The number of amides is 2. The van der Waals surface area contributed by atoms with Gasteiger partial charge in [-0.2, -0.15) is 0 Å². The molecule has 9 nitrogen and oxygen atoms in total. The quantitative estimate of drug-likeness (QED) is 0.694. The van der Waals surface area contributed by atoms with Crippen molar-refractivity contribution < 1.29 is 22.7 Å². The first-order valence-electron chi connectivity index (χ1n) is 10.1. The van der Waals surface area contributed by atoms with E-state index in [1.165, 1.54) is 12.1 Å². The number of primary sulfonamides is 1. The minimum atomic E-state index is -3.87. The number of anilines is 1. The van der Waals surface area contributed by atoms with Crippen LogP contribution in [-0.4, -0.2) is 69.5 Å². The molecule has 0 saturated carbocycles. The van der Waals surface area contributed by atoms with E-state index in [-0.39, 0.29) is 29.4 Å². The zero-order valence-electron chi connectivity index (χ0n) is 18.1. The summed E-state index contributed by atoms with van der Waals surface area (Å²) >= 11 is 0. The normalized spacial score (nSPS) is 15.7. The number of carbonyl (C=O) groups excluding carboxylic acids is 2. The van der Waals surface area contributed by atoms with E-state index in [2.05, 4.69) is 5.32 Å². The van der Waals surface area contributed by atoms with Crippen LogP contribution in [0.15, 0.2) is 17.0 Å². The number of aryl methyl sites for hydroxylation is 1. The van der Waals surface area contributed by atoms with Gasteiger partial charge in [-0.15, -0.1) is 0 Å². The number of nitrogens with zero attached hydrogens (tertiary/aromatic N) is 2. The van der Waals surface area contributed by atoms with Crippen LogP contribution in [0.4, 0.5) is 10.5 Å². The summed E-state index contributed by atoms with van der Waals surface area (Å²) in [6, 6.07) is 2.87. The molecule has 0 spiro atoms. The lowest BCUT2D eigenvalue weighted by Crippen LogP contribution is -2.38. The fraction of sp³-hybridized carbons (Fsp3) is 0.600. The van der Waals surface area contributed by atoms with Crippen molar-refractivity contribution in [3.05, 3.63) is 23.3 Å². The number of nitrogens with one attached hydrogen (secondary N) is 1. The van der Waals surface area contributed by atoms with Crippen molar-refractivity contribution >= 4 is 27.7 Å². The molecule has 0 atom stereocenters. The molecule has 1 heterocycles. The molecule has 10 heteroatoms. The highest BCUT2D eigenvalue weighted by Crippen LogP contribution is 2.23. The molecule has 168 valence electrons. The van der Waals surface area contributed by atoms with Crippen molar-refractivity contribution in [1.82, 2.24) is 9.80 Å². The third-order valence-electron chi connectivity index (χ3n) is 5.00. The SMILES string of the molecule is Cc1cc(S(N)(=O)=O)cc(NC(=O)CN2CCCN(C(=O)OCC(C)C)CC2)c1C. The Bertz CT molecular complexity index is 885. The Balaban J connectivity index is 1.96. The van der Waals surface area contributed by atoms with Crippen molar-refractivity contribution in [2.75, 3.05) is 44.6 Å². The smallest absolute Gasteiger partial charge is 0.409 e. The first kappa shape index (κ1) is 24.1. The van der Waals surface area contributed by atoms with Crippen LogP contribution in [0.2, 0.25) is 0 Å². The van der Waals surface area contributed by atoms with E-state index >= 15 is 0 Å². The van der Waals surface area contributed by atoms with E-state index in [9.17, 15) is 18.0 Å². The van der Waals surface area contributed by atoms with Crippen molar-refractivity contribution in [2.45, 2.75) is 39.0 Å². The molecular formula is C20H32N4O5S. The molecule has 0 unspecified atom stereocenters. The number of benzene rings is 1. The Hall–Kier alpha value is -2.17. The first-order valence-corrected chi connectivity index (χ1v) is 11.6. The van der Waals surface area contributed by atoms with Crippen molar-refractivity contribution in [3.8, 4) is 0 Å². The molecule has 1 fully saturated rings. The third kappa shape index (κ3) is 6.96. The van der Waals surface area contributed by atoms with Gasteiger partial charge in [-0.25, -0.2) is 18.4 Å². The van der Waals surface area contributed by atoms with Gasteiger partial charge in [0.25, 0.3) is 0 Å². The number of sulfonamides is 1. The van der Waals surface area contributed by atoms with Crippen LogP contribution < -0.4 is 10.5 Å². The molecule has 0 bridgehead atoms. The average Bonchev–Trinajstić information content (AvgIpc) is 2.88. The molecule has 2 amide bonds. The van der Waals surface area contributed by atoms with E-state index in [0.29, 0.717) is 38.5 Å². The molecule has 30 heavy (non-hydrogen) atoms. The standard InChI is InChI=1S/C20H32N4O5S/c1-14(2)13-29-20(26)24-7-5-6-23(8-9-24)12-19(25)22-18-11-17(30(21,27)28)10-15(3)16(18)4/h10-11,14H,5-9,12-13H2,1-4H3,(H,22,25)(H2,21,27,28). The van der Waals surface area contributed by atoms with Crippen molar-refractivity contribution in [2.24, 2.45) is 11.1 Å². The fourth-order valence-electron chi connectivity index (χ4n) is 3.15. The maximum atomic E-state index is 12.6. The number of nitrogens with two attached hydrogens (primary N) is 1. The van der Waals surface area contributed by atoms with Gasteiger partial charge in [0.1, 0.15) is 0 Å². The summed E-state index contributed by atoms with van der Waals surface area (Å²) < 4.78 is 28.6. The van der Waals surface area contributed by atoms with Gasteiger partial charge in [-0.1, -0.05) is 13.8 Å². The Morgan fingerprint density at radius 2 is 1.87 bits per heavy atom. The highest BCUT2D eigenvalue weighted by atomic mass is 32.2. The van der Waals surface area contributed by atoms with Crippen LogP contribution in [0.25, 0.3) is 0 Å². The Morgan fingerprint density at radius 1 is 1.17 bits per heavy atom. The minimum Gasteiger partial charge on any atom is -0.449 e. The van der Waals surface area contributed by atoms with Crippen molar-refractivity contribution in [1.29, 1.82) is 0 Å². The van der Waals surface area contributed by atoms with Gasteiger partial charge in [0.15, 0.2) is 0 Å². The molecule has 3 N–H and O–H groups in total. The molecule has 0 radical (unpaired) electrons. The first-order chi connectivity index (χ1) is 14.0. The number of ether oxygens (including phenoxy) is 1. The zero-order valence-corrected chi connectivity index (χ0v) is 18.9. The second kappa shape index (κ2) is 10.2. The van der Waals surface area contributed by atoms with Gasteiger partial charge in [0.2, 0.25) is 15.9 Å². The van der Waals surface area contributed by atoms with Crippen LogP contribution in [0, 0.1) is 19.8 Å². The van der Waals surface area contributed by atoms with Crippen molar-refractivity contribution in [3.63, 3.8) is 0 Å². The highest BCUT2D eigenvalue weighted by molar-refractivity contribution is 7.89. The van der Waals surface area contributed by atoms with Crippen LogP contribution >= 0.6 is 0 Å². The van der Waals surface area contributed by atoms with Gasteiger partial charge < -0.3 is 15.0 Å². The molecule has 1 aliphatic rings.